The third-order valence-electron chi connectivity index (χ3n) is 3.25. The van der Waals surface area contributed by atoms with Gasteiger partial charge in [-0.3, -0.25) is 9.78 Å². The zero-order valence-electron chi connectivity index (χ0n) is 10.8. The maximum atomic E-state index is 12.3. The largest absolute Gasteiger partial charge is 0.393 e. The lowest BCUT2D eigenvalue weighted by molar-refractivity contribution is 0.0676. The second-order valence-corrected chi connectivity index (χ2v) is 4.92. The molecule has 1 N–H and O–H groups in total. The Morgan fingerprint density at radius 3 is 2.94 bits per heavy atom. The van der Waals surface area contributed by atoms with Crippen molar-refractivity contribution < 1.29 is 9.90 Å². The minimum Gasteiger partial charge on any atom is -0.393 e. The van der Waals surface area contributed by atoms with Gasteiger partial charge in [-0.1, -0.05) is 0 Å². The van der Waals surface area contributed by atoms with E-state index in [-0.39, 0.29) is 18.1 Å². The number of carbonyl (C=O) groups excluding carboxylic acids is 1. The van der Waals surface area contributed by atoms with E-state index in [1.54, 1.807) is 13.1 Å². The summed E-state index contributed by atoms with van der Waals surface area (Å²) in [7, 11) is 0. The van der Waals surface area contributed by atoms with E-state index in [2.05, 4.69) is 9.97 Å². The van der Waals surface area contributed by atoms with E-state index in [4.69, 9.17) is 0 Å². The first-order valence-electron chi connectivity index (χ1n) is 6.35. The summed E-state index contributed by atoms with van der Waals surface area (Å²) in [4.78, 5) is 22.3. The molecule has 0 bridgehead atoms. The van der Waals surface area contributed by atoms with Crippen LogP contribution in [0.1, 0.15) is 42.4 Å². The normalized spacial score (nSPS) is 21.1. The molecule has 2 heterocycles. The summed E-state index contributed by atoms with van der Waals surface area (Å²) >= 11 is 0. The van der Waals surface area contributed by atoms with Gasteiger partial charge >= 0.3 is 0 Å². The first kappa shape index (κ1) is 13.0. The highest BCUT2D eigenvalue weighted by atomic mass is 16.3. The molecule has 1 amide bonds. The smallest absolute Gasteiger partial charge is 0.274 e. The average molecular weight is 249 g/mol. The molecule has 1 aliphatic heterocycles. The van der Waals surface area contributed by atoms with Crippen molar-refractivity contribution in [2.45, 2.75) is 45.3 Å². The second kappa shape index (κ2) is 5.44. The number of aromatic nitrogens is 2. The number of carbonyl (C=O) groups is 1. The summed E-state index contributed by atoms with van der Waals surface area (Å²) in [6.45, 7) is 4.34. The quantitative estimate of drug-likeness (QED) is 0.873. The van der Waals surface area contributed by atoms with E-state index in [0.717, 1.165) is 25.1 Å². The predicted octanol–water partition coefficient (Wildman–Crippen LogP) is 1.16. The van der Waals surface area contributed by atoms with Gasteiger partial charge in [0.1, 0.15) is 5.69 Å². The van der Waals surface area contributed by atoms with Crippen LogP contribution < -0.4 is 0 Å². The highest BCUT2D eigenvalue weighted by Crippen LogP contribution is 2.23. The van der Waals surface area contributed by atoms with E-state index >= 15 is 0 Å². The molecule has 1 aliphatic rings. The minimum atomic E-state index is -0.382. The standard InChI is InChI=1S/C13H19N3O2/c1-9-7-15-12(8-14-9)13(18)16-5-3-4-11(16)6-10(2)17/h7-8,10-11,17H,3-6H2,1-2H3. The molecule has 2 rings (SSSR count). The number of aliphatic hydroxyl groups excluding tert-OH is 1. The Hall–Kier alpha value is -1.49. The monoisotopic (exact) mass is 249 g/mol. The summed E-state index contributed by atoms with van der Waals surface area (Å²) < 4.78 is 0. The highest BCUT2D eigenvalue weighted by molar-refractivity contribution is 5.92. The van der Waals surface area contributed by atoms with Gasteiger partial charge in [-0.25, -0.2) is 4.98 Å². The van der Waals surface area contributed by atoms with Crippen LogP contribution in [0.4, 0.5) is 0 Å². The lowest BCUT2D eigenvalue weighted by atomic mass is 10.1. The lowest BCUT2D eigenvalue weighted by Gasteiger charge is -2.25. The maximum absolute atomic E-state index is 12.3. The average Bonchev–Trinajstić information content (AvgIpc) is 2.76. The fourth-order valence-corrected chi connectivity index (χ4v) is 2.39. The Labute approximate surface area is 107 Å². The van der Waals surface area contributed by atoms with Crippen LogP contribution in [0.3, 0.4) is 0 Å². The number of amides is 1. The molecule has 1 saturated heterocycles. The molecule has 5 heteroatoms. The van der Waals surface area contributed by atoms with Crippen molar-refractivity contribution in [2.24, 2.45) is 0 Å². The van der Waals surface area contributed by atoms with Gasteiger partial charge in [0.05, 0.1) is 18.0 Å². The number of rotatable bonds is 3. The molecule has 1 aromatic heterocycles. The number of nitrogens with zero attached hydrogens (tertiary/aromatic N) is 3. The predicted molar refractivity (Wildman–Crippen MR) is 67.1 cm³/mol. The Morgan fingerprint density at radius 2 is 2.33 bits per heavy atom. The van der Waals surface area contributed by atoms with E-state index in [0.29, 0.717) is 12.1 Å². The number of hydrogen-bond acceptors (Lipinski definition) is 4. The minimum absolute atomic E-state index is 0.0781. The molecule has 0 aromatic carbocycles. The van der Waals surface area contributed by atoms with Crippen LogP contribution >= 0.6 is 0 Å². The molecular weight excluding hydrogens is 230 g/mol. The molecule has 5 nitrogen and oxygen atoms in total. The van der Waals surface area contributed by atoms with Crippen molar-refractivity contribution >= 4 is 5.91 Å². The van der Waals surface area contributed by atoms with Crippen LogP contribution in [-0.4, -0.2) is 44.6 Å². The molecule has 1 fully saturated rings. The Morgan fingerprint density at radius 1 is 1.56 bits per heavy atom. The molecule has 18 heavy (non-hydrogen) atoms. The van der Waals surface area contributed by atoms with Gasteiger partial charge in [0.2, 0.25) is 0 Å². The molecule has 98 valence electrons. The molecule has 2 atom stereocenters. The zero-order chi connectivity index (χ0) is 13.1. The number of aryl methyl sites for hydroxylation is 1. The van der Waals surface area contributed by atoms with E-state index in [1.807, 2.05) is 11.8 Å². The van der Waals surface area contributed by atoms with Gasteiger partial charge in [0.15, 0.2) is 0 Å². The first-order valence-corrected chi connectivity index (χ1v) is 6.35. The third-order valence-corrected chi connectivity index (χ3v) is 3.25. The number of likely N-dealkylation sites (tertiary alicyclic amines) is 1. The summed E-state index contributed by atoms with van der Waals surface area (Å²) in [6, 6.07) is 0.126. The maximum Gasteiger partial charge on any atom is 0.274 e. The van der Waals surface area contributed by atoms with Crippen molar-refractivity contribution in [3.8, 4) is 0 Å². The summed E-state index contributed by atoms with van der Waals surface area (Å²) in [5.74, 6) is -0.0781. The van der Waals surface area contributed by atoms with Crippen molar-refractivity contribution in [3.05, 3.63) is 23.8 Å². The summed E-state index contributed by atoms with van der Waals surface area (Å²) in [6.07, 6.45) is 5.32. The van der Waals surface area contributed by atoms with E-state index < -0.39 is 0 Å². The molecule has 2 unspecified atom stereocenters. The molecule has 0 saturated carbocycles. The van der Waals surface area contributed by atoms with Crippen LogP contribution in [0, 0.1) is 6.92 Å². The van der Waals surface area contributed by atoms with Crippen molar-refractivity contribution in [1.82, 2.24) is 14.9 Å². The fraction of sp³-hybridized carbons (Fsp3) is 0.615. The molecule has 1 aromatic rings. The second-order valence-electron chi connectivity index (χ2n) is 4.92. The van der Waals surface area contributed by atoms with E-state index in [9.17, 15) is 9.90 Å². The Kier molecular flexibility index (Phi) is 3.91. The van der Waals surface area contributed by atoms with Crippen LogP contribution in [0.2, 0.25) is 0 Å². The third kappa shape index (κ3) is 2.85. The Bertz CT molecular complexity index is 417. The number of aliphatic hydroxyl groups is 1. The van der Waals surface area contributed by atoms with E-state index in [1.165, 1.54) is 6.20 Å². The molecule has 0 spiro atoms. The zero-order valence-corrected chi connectivity index (χ0v) is 10.8. The van der Waals surface area contributed by atoms with Crippen molar-refractivity contribution in [1.29, 1.82) is 0 Å². The van der Waals surface area contributed by atoms with Crippen LogP contribution in [-0.2, 0) is 0 Å². The number of hydrogen-bond donors (Lipinski definition) is 1. The van der Waals surface area contributed by atoms with Gasteiger partial charge in [0.25, 0.3) is 5.91 Å². The van der Waals surface area contributed by atoms with Gasteiger partial charge in [-0.05, 0) is 33.1 Å². The highest BCUT2D eigenvalue weighted by Gasteiger charge is 2.30. The topological polar surface area (TPSA) is 66.3 Å². The van der Waals surface area contributed by atoms with Gasteiger partial charge in [-0.2, -0.15) is 0 Å². The SMILES string of the molecule is Cc1cnc(C(=O)N2CCCC2CC(C)O)cn1. The van der Waals surface area contributed by atoms with Crippen LogP contribution in [0.5, 0.6) is 0 Å². The lowest BCUT2D eigenvalue weighted by Crippen LogP contribution is -2.37. The van der Waals surface area contributed by atoms with Gasteiger partial charge < -0.3 is 10.0 Å². The fourth-order valence-electron chi connectivity index (χ4n) is 2.39. The van der Waals surface area contributed by atoms with Crippen molar-refractivity contribution in [3.63, 3.8) is 0 Å². The summed E-state index contributed by atoms with van der Waals surface area (Å²) in [5, 5.41) is 9.45. The van der Waals surface area contributed by atoms with Gasteiger partial charge in [0, 0.05) is 18.8 Å². The van der Waals surface area contributed by atoms with Crippen molar-refractivity contribution in [2.75, 3.05) is 6.54 Å². The molecule has 0 radical (unpaired) electrons. The Balaban J connectivity index is 2.10. The van der Waals surface area contributed by atoms with Crippen LogP contribution in [0.15, 0.2) is 12.4 Å². The summed E-state index contributed by atoms with van der Waals surface area (Å²) in [5.41, 5.74) is 1.19. The first-order chi connectivity index (χ1) is 8.58. The van der Waals surface area contributed by atoms with Crippen LogP contribution in [0.25, 0.3) is 0 Å². The molecule has 0 aliphatic carbocycles. The molecular formula is C13H19N3O2. The van der Waals surface area contributed by atoms with Gasteiger partial charge in [-0.15, -0.1) is 0 Å².